The monoisotopic (exact) mass is 375 g/mol. The molecule has 2 heterocycles. The fraction of sp³-hybridized carbons (Fsp3) is 0.615. The van der Waals surface area contributed by atoms with Crippen molar-refractivity contribution in [1.82, 2.24) is 9.88 Å². The molecule has 0 saturated carbocycles. The van der Waals surface area contributed by atoms with Crippen LogP contribution in [0.2, 0.25) is 0 Å². The summed E-state index contributed by atoms with van der Waals surface area (Å²) in [6.45, 7) is 5.72. The Bertz CT molecular complexity index is 415. The van der Waals surface area contributed by atoms with Crippen LogP contribution < -0.4 is 5.32 Å². The third-order valence-corrected chi connectivity index (χ3v) is 4.72. The number of hydrogen-bond acceptors (Lipinski definition) is 3. The van der Waals surface area contributed by atoms with Gasteiger partial charge in [-0.05, 0) is 76.3 Å². The molecule has 0 aromatic carbocycles. The maximum atomic E-state index is 4.39. The summed E-state index contributed by atoms with van der Waals surface area (Å²) >= 11 is 6.95. The van der Waals surface area contributed by atoms with Crippen LogP contribution in [0.25, 0.3) is 0 Å². The summed E-state index contributed by atoms with van der Waals surface area (Å²) in [6.07, 6.45) is 4.30. The summed E-state index contributed by atoms with van der Waals surface area (Å²) in [5.41, 5.74) is 0.376. The molecule has 2 rings (SSSR count). The Labute approximate surface area is 126 Å². The van der Waals surface area contributed by atoms with Gasteiger partial charge in [-0.3, -0.25) is 0 Å². The summed E-state index contributed by atoms with van der Waals surface area (Å²) in [6, 6.07) is 2.02. The van der Waals surface area contributed by atoms with E-state index in [4.69, 9.17) is 0 Å². The zero-order valence-corrected chi connectivity index (χ0v) is 14.0. The third kappa shape index (κ3) is 3.68. The number of pyridine rings is 1. The van der Waals surface area contributed by atoms with Gasteiger partial charge in [-0.25, -0.2) is 4.98 Å². The van der Waals surface area contributed by atoms with Crippen molar-refractivity contribution in [2.45, 2.75) is 19.8 Å². The van der Waals surface area contributed by atoms with Gasteiger partial charge in [-0.15, -0.1) is 0 Å². The van der Waals surface area contributed by atoms with Gasteiger partial charge in [0.1, 0.15) is 5.82 Å². The Balaban J connectivity index is 1.94. The lowest BCUT2D eigenvalue weighted by atomic mass is 9.80. The number of anilines is 1. The van der Waals surface area contributed by atoms with E-state index in [2.05, 4.69) is 61.0 Å². The Morgan fingerprint density at radius 2 is 2.06 bits per heavy atom. The molecular formula is C13H19Br2N3. The summed E-state index contributed by atoms with van der Waals surface area (Å²) < 4.78 is 2.00. The lowest BCUT2D eigenvalue weighted by Gasteiger charge is -2.38. The Kier molecular flexibility index (Phi) is 4.67. The average molecular weight is 377 g/mol. The number of aromatic nitrogens is 1. The van der Waals surface area contributed by atoms with Crippen molar-refractivity contribution < 1.29 is 0 Å². The first-order valence-electron chi connectivity index (χ1n) is 6.22. The first-order chi connectivity index (χ1) is 8.48. The molecule has 100 valence electrons. The van der Waals surface area contributed by atoms with Gasteiger partial charge in [0, 0.05) is 17.2 Å². The zero-order chi connectivity index (χ0) is 13.2. The number of likely N-dealkylation sites (tertiary alicyclic amines) is 1. The van der Waals surface area contributed by atoms with Gasteiger partial charge in [0.25, 0.3) is 0 Å². The number of halogens is 2. The minimum atomic E-state index is 0.376. The lowest BCUT2D eigenvalue weighted by molar-refractivity contribution is 0.150. The molecule has 0 radical (unpaired) electrons. The first kappa shape index (κ1) is 14.3. The molecule has 1 aromatic rings. The van der Waals surface area contributed by atoms with E-state index in [1.165, 1.54) is 25.9 Å². The number of nitrogens with one attached hydrogen (secondary N) is 1. The van der Waals surface area contributed by atoms with E-state index in [-0.39, 0.29) is 0 Å². The van der Waals surface area contributed by atoms with Crippen LogP contribution >= 0.6 is 31.9 Å². The predicted molar refractivity (Wildman–Crippen MR) is 83.0 cm³/mol. The van der Waals surface area contributed by atoms with Gasteiger partial charge in [0.05, 0.1) is 4.47 Å². The maximum Gasteiger partial charge on any atom is 0.140 e. The summed E-state index contributed by atoms with van der Waals surface area (Å²) in [5.74, 6) is 0.929. The second-order valence-electron chi connectivity index (χ2n) is 5.45. The van der Waals surface area contributed by atoms with Gasteiger partial charge in [0.15, 0.2) is 0 Å². The molecule has 0 unspecified atom stereocenters. The van der Waals surface area contributed by atoms with Gasteiger partial charge in [-0.2, -0.15) is 0 Å². The van der Waals surface area contributed by atoms with Crippen molar-refractivity contribution in [2.75, 3.05) is 32.0 Å². The average Bonchev–Trinajstić information content (AvgIpc) is 2.32. The van der Waals surface area contributed by atoms with Crippen molar-refractivity contribution >= 4 is 37.7 Å². The minimum Gasteiger partial charge on any atom is -0.369 e. The van der Waals surface area contributed by atoms with Gasteiger partial charge in [0.2, 0.25) is 0 Å². The number of rotatable bonds is 3. The van der Waals surface area contributed by atoms with Crippen molar-refractivity contribution in [3.8, 4) is 0 Å². The van der Waals surface area contributed by atoms with Crippen molar-refractivity contribution in [2.24, 2.45) is 5.41 Å². The summed E-state index contributed by atoms with van der Waals surface area (Å²) in [7, 11) is 2.19. The number of hydrogen-bond donors (Lipinski definition) is 1. The highest BCUT2D eigenvalue weighted by molar-refractivity contribution is 9.11. The molecular weight excluding hydrogens is 358 g/mol. The number of piperidine rings is 1. The standard InChI is InChI=1S/C13H19Br2N3/c1-13(3-5-18(2)6-4-13)9-17-12-11(15)7-10(14)8-16-12/h7-8H,3-6,9H2,1-2H3,(H,16,17). The molecule has 1 aliphatic heterocycles. The Hall–Kier alpha value is -0.130. The number of nitrogens with zero attached hydrogens (tertiary/aromatic N) is 2. The molecule has 0 spiro atoms. The van der Waals surface area contributed by atoms with Gasteiger partial charge >= 0.3 is 0 Å². The SMILES string of the molecule is CN1CCC(C)(CNc2ncc(Br)cc2Br)CC1. The topological polar surface area (TPSA) is 28.2 Å². The molecule has 1 N–H and O–H groups in total. The smallest absolute Gasteiger partial charge is 0.140 e. The molecule has 0 bridgehead atoms. The van der Waals surface area contributed by atoms with Crippen molar-refractivity contribution in [3.63, 3.8) is 0 Å². The second-order valence-corrected chi connectivity index (χ2v) is 7.22. The van der Waals surface area contributed by atoms with Crippen LogP contribution in [0, 0.1) is 5.41 Å². The molecule has 1 aliphatic rings. The highest BCUT2D eigenvalue weighted by Gasteiger charge is 2.28. The van der Waals surface area contributed by atoms with E-state index in [0.29, 0.717) is 5.41 Å². The van der Waals surface area contributed by atoms with Crippen LogP contribution in [0.5, 0.6) is 0 Å². The van der Waals surface area contributed by atoms with E-state index in [9.17, 15) is 0 Å². The molecule has 3 nitrogen and oxygen atoms in total. The molecule has 0 aliphatic carbocycles. The summed E-state index contributed by atoms with van der Waals surface area (Å²) in [4.78, 5) is 6.79. The van der Waals surface area contributed by atoms with E-state index in [1.807, 2.05) is 12.3 Å². The normalized spacial score (nSPS) is 19.8. The summed E-state index contributed by atoms with van der Waals surface area (Å²) in [5, 5.41) is 3.47. The highest BCUT2D eigenvalue weighted by Crippen LogP contribution is 2.31. The Morgan fingerprint density at radius 3 is 2.67 bits per heavy atom. The minimum absolute atomic E-state index is 0.376. The molecule has 5 heteroatoms. The second kappa shape index (κ2) is 5.88. The van der Waals surface area contributed by atoms with Gasteiger partial charge in [-0.1, -0.05) is 6.92 Å². The van der Waals surface area contributed by atoms with Crippen LogP contribution in [0.1, 0.15) is 19.8 Å². The first-order valence-corrected chi connectivity index (χ1v) is 7.81. The van der Waals surface area contributed by atoms with Crippen molar-refractivity contribution in [1.29, 1.82) is 0 Å². The molecule has 0 atom stereocenters. The van der Waals surface area contributed by atoms with E-state index in [1.54, 1.807) is 0 Å². The van der Waals surface area contributed by atoms with Crippen LogP contribution in [-0.4, -0.2) is 36.6 Å². The van der Waals surface area contributed by atoms with Gasteiger partial charge < -0.3 is 10.2 Å². The fourth-order valence-corrected chi connectivity index (χ4v) is 3.30. The Morgan fingerprint density at radius 1 is 1.39 bits per heavy atom. The highest BCUT2D eigenvalue weighted by atomic mass is 79.9. The molecule has 1 fully saturated rings. The maximum absolute atomic E-state index is 4.39. The van der Waals surface area contributed by atoms with E-state index in [0.717, 1.165) is 21.3 Å². The molecule has 1 saturated heterocycles. The fourth-order valence-electron chi connectivity index (χ4n) is 2.18. The zero-order valence-electron chi connectivity index (χ0n) is 10.8. The lowest BCUT2D eigenvalue weighted by Crippen LogP contribution is -2.40. The van der Waals surface area contributed by atoms with Crippen molar-refractivity contribution in [3.05, 3.63) is 21.2 Å². The van der Waals surface area contributed by atoms with E-state index >= 15 is 0 Å². The van der Waals surface area contributed by atoms with Crippen LogP contribution in [0.3, 0.4) is 0 Å². The molecule has 18 heavy (non-hydrogen) atoms. The van der Waals surface area contributed by atoms with E-state index < -0.39 is 0 Å². The largest absolute Gasteiger partial charge is 0.369 e. The quantitative estimate of drug-likeness (QED) is 0.870. The molecule has 1 aromatic heterocycles. The van der Waals surface area contributed by atoms with Crippen LogP contribution in [0.15, 0.2) is 21.2 Å². The van der Waals surface area contributed by atoms with Crippen LogP contribution in [-0.2, 0) is 0 Å². The third-order valence-electron chi connectivity index (χ3n) is 3.68. The van der Waals surface area contributed by atoms with Crippen LogP contribution in [0.4, 0.5) is 5.82 Å². The predicted octanol–water partition coefficient (Wildman–Crippen LogP) is 3.75. The molecule has 0 amide bonds.